The molecule has 146 heavy (non-hydrogen) atoms. The number of guanidine groups is 1. The summed E-state index contributed by atoms with van der Waals surface area (Å²) in [4.78, 5) is 21.2. The number of methoxy groups -OCH3 is 8. The first-order valence-corrected chi connectivity index (χ1v) is 46.6. The monoisotopic (exact) mass is 2650 g/mol. The van der Waals surface area contributed by atoms with Crippen molar-refractivity contribution in [2.24, 2.45) is 32.9 Å². The van der Waals surface area contributed by atoms with E-state index in [0.29, 0.717) is 112 Å². The van der Waals surface area contributed by atoms with Crippen molar-refractivity contribution >= 4 is 84.2 Å². The van der Waals surface area contributed by atoms with Gasteiger partial charge in [-0.25, -0.2) is 23.1 Å². The minimum Gasteiger partial charge on any atom is -0.493 e. The summed E-state index contributed by atoms with van der Waals surface area (Å²) in [6.45, 7) is 2.99. The second kappa shape index (κ2) is 48.5. The van der Waals surface area contributed by atoms with E-state index in [9.17, 15) is 45.6 Å². The maximum Gasteiger partial charge on any atom is 0.404 e. The number of aliphatic imine (C=N–C) groups is 2. The molecule has 0 saturated heterocycles. The number of primary amides is 1. The second-order valence-corrected chi connectivity index (χ2v) is 34.7. The van der Waals surface area contributed by atoms with Crippen LogP contribution in [0.2, 0.25) is 0 Å². The van der Waals surface area contributed by atoms with E-state index in [1.165, 1.54) is 0 Å². The van der Waals surface area contributed by atoms with Gasteiger partial charge in [-0.3, -0.25) is 5.32 Å². The summed E-state index contributed by atoms with van der Waals surface area (Å²) >= 11 is 0. The van der Waals surface area contributed by atoms with Crippen LogP contribution < -0.4 is 89.7 Å². The number of hydrogen-bond donors (Lipinski definition) is 14. The van der Waals surface area contributed by atoms with Crippen molar-refractivity contribution in [3.05, 3.63) is 285 Å². The molecule has 0 saturated carbocycles. The number of benzene rings is 12. The van der Waals surface area contributed by atoms with Crippen molar-refractivity contribution < 1.29 is 186 Å². The zero-order valence-corrected chi connectivity index (χ0v) is 94.2. The number of urea groups is 1. The number of aromatic nitrogens is 4. The minimum atomic E-state index is -0.683. The van der Waals surface area contributed by atoms with Gasteiger partial charge in [0.15, 0.2) is 46.0 Å². The van der Waals surface area contributed by atoms with Crippen molar-refractivity contribution in [3.8, 4) is 136 Å². The number of aliphatic hydroxyl groups excluding tert-OH is 8. The maximum absolute atomic E-state index is 12.0. The molecule has 4 aromatic heterocycles. The number of nitrogens with one attached hydrogen (secondary N) is 2. The van der Waals surface area contributed by atoms with Crippen molar-refractivity contribution in [3.63, 3.8) is 0 Å². The fourth-order valence-electron chi connectivity index (χ4n) is 20.6. The molecule has 0 unspecified atom stereocenters. The Morgan fingerprint density at radius 1 is 0.301 bits per heavy atom. The first kappa shape index (κ1) is 110. The Kier molecular flexibility index (Phi) is 36.6. The van der Waals surface area contributed by atoms with Gasteiger partial charge in [0.1, 0.15) is 22.8 Å². The van der Waals surface area contributed by atoms with Crippen molar-refractivity contribution in [2.75, 3.05) is 74.6 Å². The third-order valence-electron chi connectivity index (χ3n) is 27.0. The fourth-order valence-corrected chi connectivity index (χ4v) is 20.6. The molecule has 0 spiro atoms. The number of rotatable bonds is 24. The van der Waals surface area contributed by atoms with Crippen LogP contribution in [0.15, 0.2) is 228 Å². The van der Waals surface area contributed by atoms with Gasteiger partial charge in [0.05, 0.1) is 165 Å². The first-order valence-electron chi connectivity index (χ1n) is 46.6. The van der Waals surface area contributed by atoms with Crippen LogP contribution in [0, 0.1) is 0 Å². The van der Waals surface area contributed by atoms with Crippen LogP contribution in [0.25, 0.3) is 133 Å². The average Bonchev–Trinajstić information content (AvgIpc) is 0.737. The van der Waals surface area contributed by atoms with Crippen molar-refractivity contribution in [1.29, 1.82) is 0 Å². The van der Waals surface area contributed by atoms with E-state index in [2.05, 4.69) is 96.1 Å². The standard InChI is InChI=1S/C29H29N3O4.C28H28N4O4.C28H27N3O5.C28H28N2O4.4W/c1-17(30)31-29-24-12-21(16-34)20(15-33)11-19(24)13-26-25-14-23(18-7-5-4-6-8-18)28(36-3)27(35-2)22(25)9-10-32(26)29;1-35-25-20-8-9-32-24(23(20)13-21(26(25)36-2)16-6-4-3-5-7-16)12-17-10-18(14-33)19(15-34)11-22(17)27(32)31-28(29)30;1-35-25-20-8-9-31-24(23(20)13-21(26(25)36-2)16-6-4-3-5-7-16)12-17-10-18(14-32)19(15-33)11-22(17)27(31)30-28(29)34;1-29-28-23-12-20(16-32)19(15-31)11-18(23)13-25-24-14-22(17-7-5-4-6-8-17)27(34-3)26(33-2)21(24)9-10-30(25)28;;;;/h4-8,11-14,30,33-34H,9-10,15-16H2,1-3H3;3-7,10-13,33-34H,8-9,14-15H2,1-2H3,(H3,29,30);3-7,10-13,32-33H,8-9,14-15H2,1-2H3,(H2,29,34);4-8,11-14,31-32H,9-10,15-16H2,1-3H3;;;;/p+4. The minimum absolute atomic E-state index is 0. The number of nitrogens with two attached hydrogens (primary N) is 4. The zero-order valence-electron chi connectivity index (χ0n) is 82.5. The Morgan fingerprint density at radius 3 is 0.781 bits per heavy atom. The van der Waals surface area contributed by atoms with E-state index in [-0.39, 0.29) is 143 Å². The van der Waals surface area contributed by atoms with E-state index in [4.69, 9.17) is 65.8 Å². The number of aliphatic hydroxyl groups is 8. The molecule has 0 atom stereocenters. The summed E-state index contributed by atoms with van der Waals surface area (Å²) in [5.74, 6) is 8.92. The van der Waals surface area contributed by atoms with Crippen molar-refractivity contribution in [1.82, 2.24) is 0 Å². The number of carbonyl (C=O) groups is 1. The number of carbonyl (C=O) groups excluding carboxylic acids is 1. The van der Waals surface area contributed by atoms with Crippen LogP contribution in [0.3, 0.4) is 0 Å². The molecule has 2 amide bonds. The van der Waals surface area contributed by atoms with Gasteiger partial charge in [-0.05, 0) is 195 Å². The number of anilines is 2. The first-order chi connectivity index (χ1) is 69.1. The largest absolute Gasteiger partial charge is 0.493 e. The Hall–Kier alpha value is -13.1. The maximum atomic E-state index is 12.0. The normalized spacial score (nSPS) is 12.0. The molecule has 0 radical (unpaired) electrons. The molecule has 4 aliphatic heterocycles. The number of ether oxygens (including phenoxy) is 8. The summed E-state index contributed by atoms with van der Waals surface area (Å²) in [5.41, 5.74) is 48.6. The third-order valence-corrected chi connectivity index (χ3v) is 27.0. The fraction of sp³-hybridized carbons (Fsp3) is 0.230. The molecule has 0 bridgehead atoms. The number of fused-ring (bicyclic) bond motifs is 16. The van der Waals surface area contributed by atoms with Gasteiger partial charge in [0.2, 0.25) is 5.84 Å². The topological polar surface area (TPSA) is 421 Å². The second-order valence-electron chi connectivity index (χ2n) is 34.7. The molecule has 16 aromatic rings. The predicted octanol–water partition coefficient (Wildman–Crippen LogP) is 14.5. The molecule has 29 nitrogen and oxygen atoms in total. The number of nitrogens with zero attached hydrogens (tertiary/aromatic N) is 6. The van der Waals surface area contributed by atoms with Crippen LogP contribution in [-0.2, 0) is 189 Å². The molecule has 8 heterocycles. The molecular weight excluding hydrogens is 2530 g/mol. The Morgan fingerprint density at radius 2 is 0.534 bits per heavy atom. The molecule has 0 fully saturated rings. The molecule has 33 heteroatoms. The number of amidine groups is 1. The quantitative estimate of drug-likeness (QED) is 0.0152. The third kappa shape index (κ3) is 20.9. The number of pyridine rings is 4. The average molecular weight is 2650 g/mol. The predicted molar refractivity (Wildman–Crippen MR) is 550 cm³/mol. The van der Waals surface area contributed by atoms with Gasteiger partial charge in [-0.2, -0.15) is 5.32 Å². The van der Waals surface area contributed by atoms with Gasteiger partial charge in [0.25, 0.3) is 11.6 Å². The van der Waals surface area contributed by atoms with Crippen LogP contribution in [0.1, 0.15) is 73.7 Å². The van der Waals surface area contributed by atoms with Gasteiger partial charge < -0.3 is 102 Å². The van der Waals surface area contributed by atoms with E-state index in [0.717, 1.165) is 214 Å². The van der Waals surface area contributed by atoms with Gasteiger partial charge in [-0.1, -0.05) is 121 Å². The zero-order chi connectivity index (χ0) is 100. The summed E-state index contributed by atoms with van der Waals surface area (Å²) in [5, 5.41) is 92.1. The Balaban J connectivity index is 0.000000161. The van der Waals surface area contributed by atoms with Crippen LogP contribution in [-0.4, -0.2) is 123 Å². The van der Waals surface area contributed by atoms with Crippen LogP contribution in [0.4, 0.5) is 28.1 Å². The van der Waals surface area contributed by atoms with Gasteiger partial charge >= 0.3 is 23.6 Å². The summed E-state index contributed by atoms with van der Waals surface area (Å²) in [6.07, 6.45) is 2.84. The summed E-state index contributed by atoms with van der Waals surface area (Å²) in [7, 11) is 15.2. The Labute approximate surface area is 902 Å². The molecule has 12 aromatic carbocycles. The smallest absolute Gasteiger partial charge is 0.404 e. The van der Waals surface area contributed by atoms with E-state index in [1.54, 1.807) is 69.9 Å². The molecule has 18 N–H and O–H groups in total. The van der Waals surface area contributed by atoms with Crippen LogP contribution >= 0.6 is 0 Å². The number of hydrogen-bond acceptors (Lipinski definition) is 20. The van der Waals surface area contributed by atoms with Crippen LogP contribution in [0.5, 0.6) is 46.0 Å². The van der Waals surface area contributed by atoms with E-state index >= 15 is 0 Å². The van der Waals surface area contributed by atoms with Gasteiger partial charge in [0, 0.05) is 184 Å². The SMILES string of the molecule is CNc1c2cc(CO)c(CO)cc2cc2[n+]1CCc1c-2cc(-c2ccccc2)c(OC)c1OC.COc1c(-c2ccccc2)cc2c(c1OC)CC[n+]1c-2cc2cc(CO)c(CO)cc2c1N=C(C)N.COc1c(-c2ccccc2)cc2c(c1OC)CC[n+]1c-2cc2cc(CO)c(CO)cc2c1N=C(N)N.COc1c(-c2ccccc2)cc2c(c1OC)CC[n+]1c-2cc2cc(CO)c(CO)cc2c1NC(N)=O.[W].[W].[W].[W]. The Bertz CT molecular complexity index is 7450. The van der Waals surface area contributed by atoms with E-state index < -0.39 is 6.03 Å². The van der Waals surface area contributed by atoms with E-state index in [1.807, 2.05) is 157 Å². The molecule has 0 aliphatic carbocycles. The van der Waals surface area contributed by atoms with Gasteiger partial charge in [-0.15, -0.1) is 0 Å². The molecular formula is C113H116N12O17W4+4. The number of amides is 2. The molecule has 750 valence electrons. The molecule has 4 aliphatic rings. The summed E-state index contributed by atoms with van der Waals surface area (Å²) < 4.78 is 55.5. The summed E-state index contributed by atoms with van der Waals surface area (Å²) in [6, 6.07) is 71.6. The van der Waals surface area contributed by atoms with Crippen molar-refractivity contribution in [2.45, 2.75) is 112 Å². The molecule has 20 rings (SSSR count).